The fraction of sp³-hybridized carbons (Fsp3) is 0.786. The number of aromatic nitrogens is 2. The van der Waals surface area contributed by atoms with Crippen LogP contribution in [0.2, 0.25) is 0 Å². The molecule has 1 aliphatic carbocycles. The number of hydrogen-bond donors (Lipinski definition) is 2. The molecule has 1 aliphatic heterocycles. The molecule has 22 heavy (non-hydrogen) atoms. The number of aliphatic hydroxyl groups excluding tert-OH is 1. The van der Waals surface area contributed by atoms with E-state index in [0.717, 1.165) is 43.9 Å². The van der Waals surface area contributed by atoms with Crippen LogP contribution >= 0.6 is 23.6 Å². The van der Waals surface area contributed by atoms with Gasteiger partial charge in [-0.15, -0.1) is 5.10 Å². The second-order valence-corrected chi connectivity index (χ2v) is 7.76. The van der Waals surface area contributed by atoms with E-state index in [1.807, 2.05) is 16.5 Å². The van der Waals surface area contributed by atoms with Gasteiger partial charge >= 0.3 is 0 Å². The topological polar surface area (TPSA) is 62.8 Å². The van der Waals surface area contributed by atoms with E-state index in [2.05, 4.69) is 5.10 Å². The Morgan fingerprint density at radius 3 is 2.95 bits per heavy atom. The summed E-state index contributed by atoms with van der Waals surface area (Å²) in [5, 5.41) is 15.1. The van der Waals surface area contributed by atoms with Crippen molar-refractivity contribution in [3.63, 3.8) is 0 Å². The summed E-state index contributed by atoms with van der Waals surface area (Å²) in [6.45, 7) is 4.33. The molecule has 2 N–H and O–H groups in total. The lowest BCUT2D eigenvalue weighted by Gasteiger charge is -2.26. The molecule has 1 aromatic heterocycles. The van der Waals surface area contributed by atoms with Gasteiger partial charge in [-0.3, -0.25) is 9.69 Å². The highest BCUT2D eigenvalue weighted by atomic mass is 32.1. The molecule has 2 atom stereocenters. The number of piperidine rings is 1. The zero-order valence-electron chi connectivity index (χ0n) is 12.8. The molecule has 1 unspecified atom stereocenters. The molecule has 3 rings (SSSR count). The maximum Gasteiger partial charge on any atom is 0.228 e. The molecular weight excluding hydrogens is 320 g/mol. The molecule has 0 aromatic carbocycles. The molecule has 2 aliphatic rings. The summed E-state index contributed by atoms with van der Waals surface area (Å²) in [7, 11) is 0. The fourth-order valence-corrected chi connectivity index (χ4v) is 4.13. The molecule has 0 bridgehead atoms. The Bertz CT molecular complexity index is 596. The van der Waals surface area contributed by atoms with E-state index in [1.165, 1.54) is 16.2 Å². The van der Waals surface area contributed by atoms with E-state index in [1.54, 1.807) is 0 Å². The van der Waals surface area contributed by atoms with Gasteiger partial charge in [0.05, 0.1) is 6.54 Å². The van der Waals surface area contributed by atoms with Gasteiger partial charge in [0.2, 0.25) is 11.0 Å². The van der Waals surface area contributed by atoms with E-state index in [4.69, 9.17) is 12.2 Å². The first-order valence-corrected chi connectivity index (χ1v) is 9.22. The van der Waals surface area contributed by atoms with Crippen LogP contribution in [0.5, 0.6) is 0 Å². The summed E-state index contributed by atoms with van der Waals surface area (Å²) >= 11 is 6.84. The first-order chi connectivity index (χ1) is 10.6. The number of likely N-dealkylation sites (tertiary alicyclic amines) is 1. The summed E-state index contributed by atoms with van der Waals surface area (Å²) < 4.78 is 2.53. The van der Waals surface area contributed by atoms with E-state index in [9.17, 15) is 9.90 Å². The number of hydrogen-bond acceptors (Lipinski definition) is 5. The molecule has 6 nitrogen and oxygen atoms in total. The van der Waals surface area contributed by atoms with Crippen molar-refractivity contribution in [2.75, 3.05) is 18.0 Å². The molecule has 122 valence electrons. The van der Waals surface area contributed by atoms with E-state index < -0.39 is 0 Å². The highest BCUT2D eigenvalue weighted by Crippen LogP contribution is 2.33. The number of carbonyl (C=O) groups excluding carboxylic acids is 1. The highest BCUT2D eigenvalue weighted by Gasteiger charge is 2.35. The van der Waals surface area contributed by atoms with Crippen LogP contribution in [-0.4, -0.2) is 46.0 Å². The lowest BCUT2D eigenvalue weighted by atomic mass is 10.1. The first-order valence-electron chi connectivity index (χ1n) is 8.00. The van der Waals surface area contributed by atoms with Gasteiger partial charge in [-0.25, -0.2) is 0 Å². The van der Waals surface area contributed by atoms with Crippen molar-refractivity contribution in [2.24, 2.45) is 0 Å². The minimum Gasteiger partial charge on any atom is -0.387 e. The Kier molecular flexibility index (Phi) is 4.91. The van der Waals surface area contributed by atoms with Crippen LogP contribution < -0.4 is 9.80 Å². The van der Waals surface area contributed by atoms with Gasteiger partial charge in [0.25, 0.3) is 0 Å². The Balaban J connectivity index is 1.75. The average Bonchev–Trinajstić information content (AvgIpc) is 3.25. The van der Waals surface area contributed by atoms with Crippen molar-refractivity contribution >= 4 is 34.6 Å². The molecule has 1 aromatic rings. The molecule has 1 amide bonds. The summed E-state index contributed by atoms with van der Waals surface area (Å²) in [5.74, 6) is 0.124. The largest absolute Gasteiger partial charge is 0.387 e. The maximum atomic E-state index is 12.2. The van der Waals surface area contributed by atoms with E-state index >= 15 is 0 Å². The molecule has 0 radical (unpaired) electrons. The summed E-state index contributed by atoms with van der Waals surface area (Å²) in [5.41, 5.74) is 0. The van der Waals surface area contributed by atoms with Gasteiger partial charge in [-0.2, -0.15) is 4.68 Å². The Labute approximate surface area is 139 Å². The van der Waals surface area contributed by atoms with Crippen molar-refractivity contribution in [3.05, 3.63) is 3.95 Å². The van der Waals surface area contributed by atoms with Crippen molar-refractivity contribution < 1.29 is 14.8 Å². The number of rotatable bonds is 5. The Morgan fingerprint density at radius 1 is 1.55 bits per heavy atom. The van der Waals surface area contributed by atoms with Crippen LogP contribution in [0.25, 0.3) is 0 Å². The Hall–Kier alpha value is -0.830. The third-order valence-corrected chi connectivity index (χ3v) is 5.56. The molecule has 1 saturated carbocycles. The van der Waals surface area contributed by atoms with Crippen molar-refractivity contribution in [2.45, 2.75) is 57.8 Å². The van der Waals surface area contributed by atoms with Crippen LogP contribution in [0.3, 0.4) is 0 Å². The van der Waals surface area contributed by atoms with Gasteiger partial charge in [0.15, 0.2) is 10.6 Å². The van der Waals surface area contributed by atoms with Gasteiger partial charge < -0.3 is 10.0 Å². The number of carbonyl (C=O) groups is 1. The van der Waals surface area contributed by atoms with Gasteiger partial charge in [-0.05, 0) is 37.9 Å². The number of anilines is 1. The first kappa shape index (κ1) is 16.0. The van der Waals surface area contributed by atoms with Crippen LogP contribution in [0.1, 0.15) is 39.0 Å². The van der Waals surface area contributed by atoms with Gasteiger partial charge in [-0.1, -0.05) is 18.3 Å². The zero-order valence-corrected chi connectivity index (χ0v) is 14.5. The number of amides is 1. The zero-order chi connectivity index (χ0) is 15.7. The third-order valence-electron chi connectivity index (χ3n) is 4.25. The SMILES string of the molecule is CCC(=O)N(c1nn(C[NH+]2CCC[C@@H](O)C2)c(=S)s1)C1CC1. The maximum absolute atomic E-state index is 12.2. The third kappa shape index (κ3) is 3.56. The standard InChI is InChI=1S/C14H22N4O2S2/c1-2-12(20)18(10-5-6-10)13-15-17(14(21)22-13)9-16-7-3-4-11(19)8-16/h10-11,19H,2-9H2,1H3/p+1/t11-/m1/s1. The normalized spacial score (nSPS) is 25.2. The van der Waals surface area contributed by atoms with Crippen LogP contribution in [-0.2, 0) is 11.5 Å². The second-order valence-electron chi connectivity index (χ2n) is 6.16. The molecule has 2 heterocycles. The quantitative estimate of drug-likeness (QED) is 0.768. The smallest absolute Gasteiger partial charge is 0.228 e. The number of aliphatic hydroxyl groups is 1. The summed E-state index contributed by atoms with van der Waals surface area (Å²) in [6, 6.07) is 0.311. The summed E-state index contributed by atoms with van der Waals surface area (Å²) in [6.07, 6.45) is 4.30. The Morgan fingerprint density at radius 2 is 2.32 bits per heavy atom. The highest BCUT2D eigenvalue weighted by molar-refractivity contribution is 7.73. The molecular formula is C14H23N4O2S2+. The average molecular weight is 343 g/mol. The van der Waals surface area contributed by atoms with Crippen LogP contribution in [0, 0.1) is 3.95 Å². The fourth-order valence-electron chi connectivity index (χ4n) is 2.94. The minimum absolute atomic E-state index is 0.124. The van der Waals surface area contributed by atoms with Crippen LogP contribution in [0.15, 0.2) is 0 Å². The lowest BCUT2D eigenvalue weighted by Crippen LogP contribution is -3.13. The van der Waals surface area contributed by atoms with Crippen molar-refractivity contribution in [1.29, 1.82) is 0 Å². The molecule has 2 fully saturated rings. The lowest BCUT2D eigenvalue weighted by molar-refractivity contribution is -0.931. The van der Waals surface area contributed by atoms with Gasteiger partial charge in [0, 0.05) is 12.5 Å². The number of quaternary nitrogens is 1. The number of nitrogens with zero attached hydrogens (tertiary/aromatic N) is 3. The van der Waals surface area contributed by atoms with Crippen molar-refractivity contribution in [3.8, 4) is 0 Å². The van der Waals surface area contributed by atoms with Crippen molar-refractivity contribution in [1.82, 2.24) is 9.78 Å². The van der Waals surface area contributed by atoms with Crippen LogP contribution in [0.4, 0.5) is 5.13 Å². The minimum atomic E-state index is -0.222. The molecule has 8 heteroatoms. The second kappa shape index (κ2) is 6.74. The molecule has 1 saturated heterocycles. The van der Waals surface area contributed by atoms with E-state index in [0.29, 0.717) is 23.1 Å². The number of nitrogens with one attached hydrogen (secondary N) is 1. The predicted molar refractivity (Wildman–Crippen MR) is 87.7 cm³/mol. The van der Waals surface area contributed by atoms with Gasteiger partial charge in [0.1, 0.15) is 12.6 Å². The molecule has 0 spiro atoms. The monoisotopic (exact) mass is 343 g/mol. The summed E-state index contributed by atoms with van der Waals surface area (Å²) in [4.78, 5) is 15.3. The predicted octanol–water partition coefficient (Wildman–Crippen LogP) is 0.577. The van der Waals surface area contributed by atoms with E-state index in [-0.39, 0.29) is 12.0 Å².